The third kappa shape index (κ3) is 2.69. The molecular weight excluding hydrogens is 280 g/mol. The maximum atomic E-state index is 6.13. The van der Waals surface area contributed by atoms with Gasteiger partial charge in [0, 0.05) is 16.5 Å². The fourth-order valence-electron chi connectivity index (χ4n) is 1.73. The van der Waals surface area contributed by atoms with Gasteiger partial charge < -0.3 is 10.2 Å². The van der Waals surface area contributed by atoms with Gasteiger partial charge in [0.15, 0.2) is 5.58 Å². The highest BCUT2D eigenvalue weighted by molar-refractivity contribution is 7.98. The number of anilines is 1. The first-order valence-electron chi connectivity index (χ1n) is 5.74. The second kappa shape index (κ2) is 5.15. The monoisotopic (exact) mass is 290 g/mol. The Labute approximate surface area is 119 Å². The fourth-order valence-corrected chi connectivity index (χ4v) is 2.91. The Morgan fingerprint density at radius 2 is 2.05 bits per heavy atom. The number of para-hydroxylation sites is 2. The smallest absolute Gasteiger partial charge is 0.257 e. The van der Waals surface area contributed by atoms with Crippen molar-refractivity contribution >= 4 is 40.1 Å². The van der Waals surface area contributed by atoms with Crippen LogP contribution in [0.2, 0.25) is 5.02 Å². The Morgan fingerprint density at radius 1 is 1.21 bits per heavy atom. The summed E-state index contributed by atoms with van der Waals surface area (Å²) in [7, 11) is 0. The van der Waals surface area contributed by atoms with E-state index in [0.29, 0.717) is 21.7 Å². The highest BCUT2D eigenvalue weighted by Gasteiger charge is 2.07. The number of hydrogen-bond acceptors (Lipinski definition) is 4. The van der Waals surface area contributed by atoms with Crippen molar-refractivity contribution in [2.24, 2.45) is 0 Å². The van der Waals surface area contributed by atoms with Gasteiger partial charge in [0.2, 0.25) is 0 Å². The van der Waals surface area contributed by atoms with Gasteiger partial charge in [-0.05, 0) is 29.8 Å². The Bertz CT molecular complexity index is 693. The largest absolute Gasteiger partial charge is 0.431 e. The molecule has 0 bridgehead atoms. The molecule has 1 heterocycles. The van der Waals surface area contributed by atoms with E-state index < -0.39 is 0 Å². The summed E-state index contributed by atoms with van der Waals surface area (Å²) in [5.41, 5.74) is 9.02. The van der Waals surface area contributed by atoms with Gasteiger partial charge in [0.25, 0.3) is 5.22 Å². The number of nitrogens with two attached hydrogens (primary N) is 1. The topological polar surface area (TPSA) is 52.0 Å². The summed E-state index contributed by atoms with van der Waals surface area (Å²) in [6, 6.07) is 13.2. The number of oxazole rings is 1. The van der Waals surface area contributed by atoms with Gasteiger partial charge in [-0.3, -0.25) is 0 Å². The lowest BCUT2D eigenvalue weighted by Gasteiger charge is -2.02. The molecule has 19 heavy (non-hydrogen) atoms. The minimum Gasteiger partial charge on any atom is -0.431 e. The predicted molar refractivity (Wildman–Crippen MR) is 79.4 cm³/mol. The number of fused-ring (bicyclic) bond motifs is 1. The van der Waals surface area contributed by atoms with Crippen LogP contribution in [-0.2, 0) is 5.75 Å². The maximum Gasteiger partial charge on any atom is 0.257 e. The van der Waals surface area contributed by atoms with E-state index in [1.807, 2.05) is 36.4 Å². The van der Waals surface area contributed by atoms with Crippen LogP contribution < -0.4 is 5.73 Å². The van der Waals surface area contributed by atoms with Gasteiger partial charge in [0.1, 0.15) is 5.52 Å². The zero-order valence-corrected chi connectivity index (χ0v) is 11.5. The second-order valence-corrected chi connectivity index (χ2v) is 5.42. The van der Waals surface area contributed by atoms with Crippen LogP contribution >= 0.6 is 23.4 Å². The lowest BCUT2D eigenvalue weighted by molar-refractivity contribution is 0.489. The van der Waals surface area contributed by atoms with Crippen molar-refractivity contribution in [3.8, 4) is 0 Å². The molecule has 0 aliphatic rings. The Hall–Kier alpha value is -1.65. The molecule has 0 saturated carbocycles. The number of nitrogens with zero attached hydrogens (tertiary/aromatic N) is 1. The fraction of sp³-hybridized carbons (Fsp3) is 0.0714. The number of hydrogen-bond donors (Lipinski definition) is 1. The Balaban J connectivity index is 1.78. The zero-order valence-electron chi connectivity index (χ0n) is 9.97. The van der Waals surface area contributed by atoms with E-state index in [1.165, 1.54) is 11.8 Å². The Morgan fingerprint density at radius 3 is 2.84 bits per heavy atom. The highest BCUT2D eigenvalue weighted by Crippen LogP contribution is 2.29. The molecule has 0 aliphatic carbocycles. The molecule has 3 nitrogen and oxygen atoms in total. The van der Waals surface area contributed by atoms with Crippen molar-refractivity contribution < 1.29 is 4.42 Å². The molecule has 0 atom stereocenters. The molecule has 0 fully saturated rings. The number of benzene rings is 2. The molecule has 96 valence electrons. The average Bonchev–Trinajstić information content (AvgIpc) is 2.80. The highest BCUT2D eigenvalue weighted by atomic mass is 35.5. The number of aromatic nitrogens is 1. The normalized spacial score (nSPS) is 11.0. The van der Waals surface area contributed by atoms with Crippen molar-refractivity contribution in [3.05, 3.63) is 53.1 Å². The molecule has 2 aromatic carbocycles. The first kappa shape index (κ1) is 12.4. The van der Waals surface area contributed by atoms with Crippen molar-refractivity contribution in [2.75, 3.05) is 5.73 Å². The van der Waals surface area contributed by atoms with E-state index in [0.717, 1.165) is 16.7 Å². The second-order valence-electron chi connectivity index (χ2n) is 4.09. The Kier molecular flexibility index (Phi) is 3.36. The van der Waals surface area contributed by atoms with Crippen LogP contribution in [-0.4, -0.2) is 4.98 Å². The summed E-state index contributed by atoms with van der Waals surface area (Å²) in [6.45, 7) is 0. The first-order chi connectivity index (χ1) is 9.22. The summed E-state index contributed by atoms with van der Waals surface area (Å²) < 4.78 is 5.64. The number of nitrogen functional groups attached to an aromatic ring is 1. The van der Waals surface area contributed by atoms with Crippen molar-refractivity contribution in [1.29, 1.82) is 0 Å². The van der Waals surface area contributed by atoms with Gasteiger partial charge >= 0.3 is 0 Å². The molecule has 3 aromatic rings. The average molecular weight is 291 g/mol. The minimum atomic E-state index is 0.647. The number of rotatable bonds is 3. The number of halogens is 1. The molecule has 0 amide bonds. The lowest BCUT2D eigenvalue weighted by Crippen LogP contribution is -1.87. The summed E-state index contributed by atoms with van der Waals surface area (Å²) in [5, 5.41) is 1.32. The molecule has 0 spiro atoms. The summed E-state index contributed by atoms with van der Waals surface area (Å²) in [5.74, 6) is 0.700. The predicted octanol–water partition coefficient (Wildman–Crippen LogP) is 4.36. The van der Waals surface area contributed by atoms with Crippen LogP contribution in [0.5, 0.6) is 0 Å². The quantitative estimate of drug-likeness (QED) is 0.575. The summed E-state index contributed by atoms with van der Waals surface area (Å²) in [6.07, 6.45) is 0. The van der Waals surface area contributed by atoms with Crippen LogP contribution in [0.15, 0.2) is 52.1 Å². The molecule has 5 heteroatoms. The molecule has 0 unspecified atom stereocenters. The standard InChI is InChI=1S/C14H11ClN2OS/c15-11-7-10(16)6-5-9(11)8-19-14-17-12-3-1-2-4-13(12)18-14/h1-7H,8,16H2. The zero-order chi connectivity index (χ0) is 13.2. The molecule has 0 radical (unpaired) electrons. The molecule has 0 saturated heterocycles. The molecular formula is C14H11ClN2OS. The van der Waals surface area contributed by atoms with E-state index in [-0.39, 0.29) is 0 Å². The van der Waals surface area contributed by atoms with Gasteiger partial charge in [-0.15, -0.1) is 0 Å². The SMILES string of the molecule is Nc1ccc(CSc2nc3ccccc3o2)c(Cl)c1. The van der Waals surface area contributed by atoms with Crippen LogP contribution in [0.1, 0.15) is 5.56 Å². The molecule has 1 aromatic heterocycles. The van der Waals surface area contributed by atoms with Crippen LogP contribution in [0.25, 0.3) is 11.1 Å². The molecule has 2 N–H and O–H groups in total. The molecule has 3 rings (SSSR count). The van der Waals surface area contributed by atoms with E-state index >= 15 is 0 Å². The summed E-state index contributed by atoms with van der Waals surface area (Å²) in [4.78, 5) is 4.40. The van der Waals surface area contributed by atoms with E-state index in [1.54, 1.807) is 6.07 Å². The van der Waals surface area contributed by atoms with Crippen molar-refractivity contribution in [3.63, 3.8) is 0 Å². The van der Waals surface area contributed by atoms with Gasteiger partial charge in [-0.1, -0.05) is 41.6 Å². The van der Waals surface area contributed by atoms with Gasteiger partial charge in [-0.2, -0.15) is 0 Å². The number of thioether (sulfide) groups is 1. The van der Waals surface area contributed by atoms with Gasteiger partial charge in [0.05, 0.1) is 0 Å². The van der Waals surface area contributed by atoms with Gasteiger partial charge in [-0.25, -0.2) is 4.98 Å². The molecule has 0 aliphatic heterocycles. The van der Waals surface area contributed by atoms with E-state index in [9.17, 15) is 0 Å². The third-order valence-corrected chi connectivity index (χ3v) is 3.93. The van der Waals surface area contributed by atoms with Crippen molar-refractivity contribution in [2.45, 2.75) is 11.0 Å². The maximum absolute atomic E-state index is 6.13. The summed E-state index contributed by atoms with van der Waals surface area (Å²) >= 11 is 7.65. The van der Waals surface area contributed by atoms with E-state index in [2.05, 4.69) is 4.98 Å². The van der Waals surface area contributed by atoms with Crippen LogP contribution in [0, 0.1) is 0 Å². The third-order valence-electron chi connectivity index (χ3n) is 2.70. The lowest BCUT2D eigenvalue weighted by atomic mass is 10.2. The van der Waals surface area contributed by atoms with Crippen molar-refractivity contribution in [1.82, 2.24) is 4.98 Å². The van der Waals surface area contributed by atoms with Crippen LogP contribution in [0.4, 0.5) is 5.69 Å². The van der Waals surface area contributed by atoms with E-state index in [4.69, 9.17) is 21.8 Å². The van der Waals surface area contributed by atoms with Crippen LogP contribution in [0.3, 0.4) is 0 Å². The minimum absolute atomic E-state index is 0.647. The first-order valence-corrected chi connectivity index (χ1v) is 7.11.